The van der Waals surface area contributed by atoms with Gasteiger partial charge in [-0.3, -0.25) is 10.1 Å². The first kappa shape index (κ1) is 16.9. The molecule has 0 saturated carbocycles. The highest BCUT2D eigenvalue weighted by molar-refractivity contribution is 7.99. The van der Waals surface area contributed by atoms with E-state index in [0.29, 0.717) is 10.0 Å². The van der Waals surface area contributed by atoms with E-state index >= 15 is 0 Å². The molecule has 2 N–H and O–H groups in total. The summed E-state index contributed by atoms with van der Waals surface area (Å²) < 4.78 is 0. The molecule has 1 aromatic carbocycles. The van der Waals surface area contributed by atoms with Gasteiger partial charge in [0, 0.05) is 11.6 Å². The van der Waals surface area contributed by atoms with E-state index in [1.165, 1.54) is 0 Å². The Hall–Kier alpha value is -0.130. The second-order valence-electron chi connectivity index (χ2n) is 4.18. The molecule has 2 rings (SSSR count). The van der Waals surface area contributed by atoms with Crippen LogP contribution in [0.3, 0.4) is 0 Å². The summed E-state index contributed by atoms with van der Waals surface area (Å²) in [4.78, 5) is 11.9. The maximum Gasteiger partial charge on any atom is 0.238 e. The fraction of sp³-hybridized carbons (Fsp3) is 0.417. The molecule has 106 valence electrons. The van der Waals surface area contributed by atoms with Gasteiger partial charge in [-0.15, -0.1) is 24.2 Å². The van der Waals surface area contributed by atoms with Crippen molar-refractivity contribution in [2.24, 2.45) is 0 Å². The molecular formula is C12H15Cl3N2OS. The summed E-state index contributed by atoms with van der Waals surface area (Å²) in [6.07, 6.45) is 0. The number of thioether (sulfide) groups is 1. The summed E-state index contributed by atoms with van der Waals surface area (Å²) in [6.45, 7) is 1.93. The van der Waals surface area contributed by atoms with E-state index in [4.69, 9.17) is 23.2 Å². The quantitative estimate of drug-likeness (QED) is 0.886. The standard InChI is InChI=1S/C12H14Cl2N2OS.ClH/c1-7(8-2-3-9(13)10(14)4-8)16-12(17)11-5-18-6-15-11;/h2-4,7,11,15H,5-6H2,1H3,(H,16,17);1H. The number of amides is 1. The highest BCUT2D eigenvalue weighted by Gasteiger charge is 2.23. The molecule has 1 aliphatic rings. The van der Waals surface area contributed by atoms with Crippen molar-refractivity contribution in [3.05, 3.63) is 33.8 Å². The minimum absolute atomic E-state index is 0. The number of hydrogen-bond donors (Lipinski definition) is 2. The largest absolute Gasteiger partial charge is 0.348 e. The van der Waals surface area contributed by atoms with E-state index in [1.807, 2.05) is 13.0 Å². The van der Waals surface area contributed by atoms with Crippen molar-refractivity contribution in [1.29, 1.82) is 0 Å². The molecule has 1 heterocycles. The summed E-state index contributed by atoms with van der Waals surface area (Å²) >= 11 is 13.6. The molecule has 0 aromatic heterocycles. The van der Waals surface area contributed by atoms with Crippen LogP contribution in [-0.4, -0.2) is 23.6 Å². The summed E-state index contributed by atoms with van der Waals surface area (Å²) in [6, 6.07) is 5.22. The van der Waals surface area contributed by atoms with Crippen LogP contribution in [-0.2, 0) is 4.79 Å². The van der Waals surface area contributed by atoms with Crippen LogP contribution in [0.4, 0.5) is 0 Å². The molecule has 1 fully saturated rings. The maximum absolute atomic E-state index is 11.9. The van der Waals surface area contributed by atoms with E-state index in [0.717, 1.165) is 17.2 Å². The minimum Gasteiger partial charge on any atom is -0.348 e. The molecule has 0 spiro atoms. The van der Waals surface area contributed by atoms with Gasteiger partial charge < -0.3 is 5.32 Å². The second-order valence-corrected chi connectivity index (χ2v) is 6.02. The predicted octanol–water partition coefficient (Wildman–Crippen LogP) is 3.25. The van der Waals surface area contributed by atoms with Crippen LogP contribution in [0, 0.1) is 0 Å². The normalized spacial score (nSPS) is 19.6. The van der Waals surface area contributed by atoms with Gasteiger partial charge in [0.25, 0.3) is 0 Å². The summed E-state index contributed by atoms with van der Waals surface area (Å²) in [5.41, 5.74) is 0.948. The van der Waals surface area contributed by atoms with Gasteiger partial charge in [0.1, 0.15) is 0 Å². The van der Waals surface area contributed by atoms with Gasteiger partial charge in [0.05, 0.1) is 22.1 Å². The number of hydrogen-bond acceptors (Lipinski definition) is 3. The van der Waals surface area contributed by atoms with Gasteiger partial charge in [0.2, 0.25) is 5.91 Å². The molecule has 0 aliphatic carbocycles. The van der Waals surface area contributed by atoms with E-state index < -0.39 is 0 Å². The van der Waals surface area contributed by atoms with E-state index in [1.54, 1.807) is 23.9 Å². The first-order valence-electron chi connectivity index (χ1n) is 5.64. The average molecular weight is 342 g/mol. The molecule has 7 heteroatoms. The Kier molecular flexibility index (Phi) is 6.77. The summed E-state index contributed by atoms with van der Waals surface area (Å²) in [5.74, 6) is 1.68. The zero-order valence-electron chi connectivity index (χ0n) is 10.3. The lowest BCUT2D eigenvalue weighted by atomic mass is 10.1. The fourth-order valence-corrected chi connectivity index (χ4v) is 2.99. The third-order valence-corrected chi connectivity index (χ3v) is 4.51. The van der Waals surface area contributed by atoms with Crippen LogP contribution < -0.4 is 10.6 Å². The maximum atomic E-state index is 11.9. The van der Waals surface area contributed by atoms with Gasteiger partial charge in [-0.05, 0) is 24.6 Å². The first-order valence-corrected chi connectivity index (χ1v) is 7.55. The summed E-state index contributed by atoms with van der Waals surface area (Å²) in [7, 11) is 0. The van der Waals surface area contributed by atoms with Gasteiger partial charge >= 0.3 is 0 Å². The zero-order chi connectivity index (χ0) is 13.1. The molecule has 1 aromatic rings. The van der Waals surface area contributed by atoms with Crippen molar-refractivity contribution in [1.82, 2.24) is 10.6 Å². The van der Waals surface area contributed by atoms with Crippen LogP contribution in [0.1, 0.15) is 18.5 Å². The van der Waals surface area contributed by atoms with E-state index in [2.05, 4.69) is 10.6 Å². The molecule has 1 saturated heterocycles. The van der Waals surface area contributed by atoms with Gasteiger partial charge in [0.15, 0.2) is 0 Å². The Labute approximate surface area is 133 Å². The van der Waals surface area contributed by atoms with Crippen molar-refractivity contribution in [2.45, 2.75) is 19.0 Å². The van der Waals surface area contributed by atoms with Gasteiger partial charge in [-0.1, -0.05) is 29.3 Å². The smallest absolute Gasteiger partial charge is 0.238 e. The molecule has 19 heavy (non-hydrogen) atoms. The van der Waals surface area contributed by atoms with Gasteiger partial charge in [-0.25, -0.2) is 0 Å². The van der Waals surface area contributed by atoms with Crippen molar-refractivity contribution < 1.29 is 4.79 Å². The Balaban J connectivity index is 0.00000180. The van der Waals surface area contributed by atoms with Crippen LogP contribution in [0.15, 0.2) is 18.2 Å². The Morgan fingerprint density at radius 1 is 1.47 bits per heavy atom. The lowest BCUT2D eigenvalue weighted by Gasteiger charge is -2.17. The van der Waals surface area contributed by atoms with Crippen LogP contribution in [0.2, 0.25) is 10.0 Å². The molecule has 2 unspecified atom stereocenters. The van der Waals surface area contributed by atoms with Gasteiger partial charge in [-0.2, -0.15) is 0 Å². The topological polar surface area (TPSA) is 41.1 Å². The number of nitrogens with one attached hydrogen (secondary N) is 2. The van der Waals surface area contributed by atoms with Crippen LogP contribution in [0.5, 0.6) is 0 Å². The molecule has 0 bridgehead atoms. The zero-order valence-corrected chi connectivity index (χ0v) is 13.4. The van der Waals surface area contributed by atoms with Crippen LogP contribution >= 0.6 is 47.4 Å². The second kappa shape index (κ2) is 7.60. The minimum atomic E-state index is -0.0970. The van der Waals surface area contributed by atoms with Crippen molar-refractivity contribution in [3.63, 3.8) is 0 Å². The third-order valence-electron chi connectivity index (χ3n) is 2.84. The first-order chi connectivity index (χ1) is 8.58. The molecule has 3 nitrogen and oxygen atoms in total. The highest BCUT2D eigenvalue weighted by Crippen LogP contribution is 2.25. The molecular weight excluding hydrogens is 327 g/mol. The number of halogens is 3. The Morgan fingerprint density at radius 3 is 2.79 bits per heavy atom. The van der Waals surface area contributed by atoms with Crippen molar-refractivity contribution >= 4 is 53.3 Å². The van der Waals surface area contributed by atoms with E-state index in [9.17, 15) is 4.79 Å². The van der Waals surface area contributed by atoms with Crippen molar-refractivity contribution in [3.8, 4) is 0 Å². The Morgan fingerprint density at radius 2 is 2.21 bits per heavy atom. The average Bonchev–Trinajstić information content (AvgIpc) is 2.86. The van der Waals surface area contributed by atoms with E-state index in [-0.39, 0.29) is 30.4 Å². The lowest BCUT2D eigenvalue weighted by Crippen LogP contribution is -2.42. The molecule has 0 radical (unpaired) electrons. The third kappa shape index (κ3) is 4.43. The Bertz CT molecular complexity index is 453. The lowest BCUT2D eigenvalue weighted by molar-refractivity contribution is -0.123. The predicted molar refractivity (Wildman–Crippen MR) is 84.5 cm³/mol. The van der Waals surface area contributed by atoms with Crippen molar-refractivity contribution in [2.75, 3.05) is 11.6 Å². The molecule has 1 aliphatic heterocycles. The fourth-order valence-electron chi connectivity index (χ4n) is 1.74. The van der Waals surface area contributed by atoms with Crippen LogP contribution in [0.25, 0.3) is 0 Å². The number of benzene rings is 1. The number of carbonyl (C=O) groups excluding carboxylic acids is 1. The number of rotatable bonds is 3. The summed E-state index contributed by atoms with van der Waals surface area (Å²) in [5, 5.41) is 7.13. The molecule has 2 atom stereocenters. The monoisotopic (exact) mass is 340 g/mol. The molecule has 1 amide bonds. The highest BCUT2D eigenvalue weighted by atomic mass is 35.5. The number of carbonyl (C=O) groups is 1. The SMILES string of the molecule is CC(NC(=O)C1CSCN1)c1ccc(Cl)c(Cl)c1.Cl.